The van der Waals surface area contributed by atoms with Crippen LogP contribution < -0.4 is 0 Å². The first-order chi connectivity index (χ1) is 19.1. The quantitative estimate of drug-likeness (QED) is 0.353. The molecule has 5 nitrogen and oxygen atoms in total. The third-order valence-corrected chi connectivity index (χ3v) is 8.71. The molecule has 0 bridgehead atoms. The van der Waals surface area contributed by atoms with E-state index in [-0.39, 0.29) is 17.5 Å². The summed E-state index contributed by atoms with van der Waals surface area (Å²) in [6, 6.07) is 15.0. The summed E-state index contributed by atoms with van der Waals surface area (Å²) in [5, 5.41) is 32.4. The summed E-state index contributed by atoms with van der Waals surface area (Å²) in [4.78, 5) is 25.1. The first-order valence-corrected chi connectivity index (χ1v) is 14.9. The van der Waals surface area contributed by atoms with Gasteiger partial charge in [0.05, 0.1) is 11.2 Å². The number of aliphatic hydroxyl groups is 3. The van der Waals surface area contributed by atoms with Crippen molar-refractivity contribution in [2.45, 2.75) is 101 Å². The fraction of sp³-hybridized carbons (Fsp3) is 0.486. The monoisotopic (exact) mass is 544 g/mol. The Morgan fingerprint density at radius 3 is 1.52 bits per heavy atom. The summed E-state index contributed by atoms with van der Waals surface area (Å²) in [5.41, 5.74) is -0.488. The number of ketones is 2. The minimum absolute atomic E-state index is 0.0933. The van der Waals surface area contributed by atoms with E-state index in [2.05, 4.69) is 0 Å². The predicted molar refractivity (Wildman–Crippen MR) is 158 cm³/mol. The van der Waals surface area contributed by atoms with Crippen molar-refractivity contribution in [1.82, 2.24) is 0 Å². The van der Waals surface area contributed by atoms with Crippen LogP contribution in [0.25, 0.3) is 0 Å². The van der Waals surface area contributed by atoms with Crippen molar-refractivity contribution in [2.75, 3.05) is 0 Å². The molecular weight excluding hydrogens is 500 g/mol. The predicted octanol–water partition coefficient (Wildman–Crippen LogP) is 6.68. The molecular formula is C35H44O5. The van der Waals surface area contributed by atoms with Crippen LogP contribution >= 0.6 is 0 Å². The average molecular weight is 545 g/mol. The van der Waals surface area contributed by atoms with Gasteiger partial charge >= 0.3 is 0 Å². The van der Waals surface area contributed by atoms with Crippen LogP contribution in [-0.4, -0.2) is 32.5 Å². The minimum atomic E-state index is -1.25. The molecule has 2 aromatic carbocycles. The molecule has 3 aliphatic carbocycles. The fourth-order valence-electron chi connectivity index (χ4n) is 6.42. The molecule has 1 atom stereocenters. The molecule has 214 valence electrons. The Morgan fingerprint density at radius 1 is 0.675 bits per heavy atom. The maximum atomic E-state index is 13.6. The Bertz CT molecular complexity index is 1170. The fourth-order valence-corrected chi connectivity index (χ4v) is 6.42. The SMILES string of the molecule is CC(C)C(=O)C1(O)C=CC=CC1.O=C(c1ccccc1C1(O)CCCCC1)c1ccccc1C1(O)CCCCC1. The number of rotatable bonds is 6. The molecule has 0 saturated heterocycles. The first kappa shape index (κ1) is 30.1. The number of benzene rings is 2. The highest BCUT2D eigenvalue weighted by Crippen LogP contribution is 2.41. The zero-order valence-electron chi connectivity index (χ0n) is 23.9. The molecule has 2 fully saturated rings. The Morgan fingerprint density at radius 2 is 1.12 bits per heavy atom. The van der Waals surface area contributed by atoms with E-state index in [0.717, 1.165) is 49.7 Å². The smallest absolute Gasteiger partial charge is 0.193 e. The van der Waals surface area contributed by atoms with E-state index in [1.54, 1.807) is 32.1 Å². The van der Waals surface area contributed by atoms with Gasteiger partial charge in [0.2, 0.25) is 0 Å². The van der Waals surface area contributed by atoms with E-state index in [1.165, 1.54) is 0 Å². The van der Waals surface area contributed by atoms with E-state index < -0.39 is 16.8 Å². The van der Waals surface area contributed by atoms with Gasteiger partial charge < -0.3 is 15.3 Å². The van der Waals surface area contributed by atoms with E-state index >= 15 is 0 Å². The van der Waals surface area contributed by atoms with Gasteiger partial charge in [-0.15, -0.1) is 0 Å². The first-order valence-electron chi connectivity index (χ1n) is 14.9. The topological polar surface area (TPSA) is 94.8 Å². The van der Waals surface area contributed by atoms with Crippen molar-refractivity contribution in [2.24, 2.45) is 5.92 Å². The number of hydrogen-bond donors (Lipinski definition) is 3. The Balaban J connectivity index is 0.000000259. The van der Waals surface area contributed by atoms with Gasteiger partial charge in [0.25, 0.3) is 0 Å². The van der Waals surface area contributed by atoms with E-state index in [0.29, 0.717) is 43.2 Å². The van der Waals surface area contributed by atoms with Crippen LogP contribution in [0, 0.1) is 5.92 Å². The molecule has 5 heteroatoms. The van der Waals surface area contributed by atoms with E-state index in [1.807, 2.05) is 54.6 Å². The van der Waals surface area contributed by atoms with Crippen molar-refractivity contribution in [3.8, 4) is 0 Å². The summed E-state index contributed by atoms with van der Waals surface area (Å²) in [7, 11) is 0. The van der Waals surface area contributed by atoms with Gasteiger partial charge in [-0.3, -0.25) is 9.59 Å². The number of allylic oxidation sites excluding steroid dienone is 2. The summed E-state index contributed by atoms with van der Waals surface area (Å²) in [5.74, 6) is -0.321. The molecule has 0 spiro atoms. The molecule has 0 heterocycles. The average Bonchev–Trinajstić information content (AvgIpc) is 2.98. The van der Waals surface area contributed by atoms with Crippen molar-refractivity contribution in [3.05, 3.63) is 95.1 Å². The molecule has 0 radical (unpaired) electrons. The number of carbonyl (C=O) groups excluding carboxylic acids is 2. The Hall–Kier alpha value is -2.86. The lowest BCUT2D eigenvalue weighted by Gasteiger charge is -2.35. The molecule has 3 aliphatic rings. The largest absolute Gasteiger partial charge is 0.385 e. The molecule has 3 N–H and O–H groups in total. The van der Waals surface area contributed by atoms with Gasteiger partial charge in [0.1, 0.15) is 5.60 Å². The number of carbonyl (C=O) groups is 2. The van der Waals surface area contributed by atoms with E-state index in [9.17, 15) is 24.9 Å². The van der Waals surface area contributed by atoms with Crippen LogP contribution in [0.3, 0.4) is 0 Å². The summed E-state index contributed by atoms with van der Waals surface area (Å²) in [6.07, 6.45) is 16.3. The number of Topliss-reactive ketones (excluding diaryl/α,β-unsaturated/α-hetero) is 1. The van der Waals surface area contributed by atoms with Crippen LogP contribution in [0.5, 0.6) is 0 Å². The summed E-state index contributed by atoms with van der Waals surface area (Å²) in [6.45, 7) is 3.60. The second-order valence-corrected chi connectivity index (χ2v) is 12.0. The molecule has 40 heavy (non-hydrogen) atoms. The number of hydrogen-bond acceptors (Lipinski definition) is 5. The normalized spacial score (nSPS) is 23.2. The van der Waals surface area contributed by atoms with Crippen molar-refractivity contribution >= 4 is 11.6 Å². The van der Waals surface area contributed by atoms with Gasteiger partial charge in [-0.05, 0) is 42.9 Å². The molecule has 0 aliphatic heterocycles. The lowest BCUT2D eigenvalue weighted by Crippen LogP contribution is -2.39. The maximum absolute atomic E-state index is 13.6. The molecule has 0 amide bonds. The van der Waals surface area contributed by atoms with Crippen LogP contribution in [0.4, 0.5) is 0 Å². The van der Waals surface area contributed by atoms with Gasteiger partial charge in [0.15, 0.2) is 11.6 Å². The zero-order chi connectivity index (χ0) is 28.8. The van der Waals surface area contributed by atoms with Crippen LogP contribution in [0.15, 0.2) is 72.8 Å². The minimum Gasteiger partial charge on any atom is -0.385 e. The van der Waals surface area contributed by atoms with Gasteiger partial charge in [-0.2, -0.15) is 0 Å². The van der Waals surface area contributed by atoms with Gasteiger partial charge in [0, 0.05) is 23.5 Å². The van der Waals surface area contributed by atoms with Crippen molar-refractivity contribution < 1.29 is 24.9 Å². The Labute approximate surface area is 238 Å². The third-order valence-electron chi connectivity index (χ3n) is 8.71. The van der Waals surface area contributed by atoms with Gasteiger partial charge in [-0.1, -0.05) is 119 Å². The standard InChI is InChI=1S/C25H30O3.C10H14O2/c26-23(19-11-3-5-13-21(19)24(27)15-7-1-8-16-24)20-12-4-6-14-22(20)25(28)17-9-2-10-18-25;1-8(2)9(11)10(12)6-4-3-5-7-10/h3-6,11-14,27-28H,1-2,7-10,15-18H2;3-6,8,12H,7H2,1-2H3. The molecule has 2 aromatic rings. The highest BCUT2D eigenvalue weighted by atomic mass is 16.3. The zero-order valence-corrected chi connectivity index (χ0v) is 23.9. The Kier molecular flexibility index (Phi) is 9.60. The second kappa shape index (κ2) is 12.8. The van der Waals surface area contributed by atoms with Crippen molar-refractivity contribution in [3.63, 3.8) is 0 Å². The van der Waals surface area contributed by atoms with Crippen LogP contribution in [0.1, 0.15) is 112 Å². The van der Waals surface area contributed by atoms with Gasteiger partial charge in [-0.25, -0.2) is 0 Å². The highest BCUT2D eigenvalue weighted by molar-refractivity contribution is 6.11. The molecule has 5 rings (SSSR count). The summed E-state index contributed by atoms with van der Waals surface area (Å²) >= 11 is 0. The van der Waals surface area contributed by atoms with Crippen LogP contribution in [0.2, 0.25) is 0 Å². The van der Waals surface area contributed by atoms with E-state index in [4.69, 9.17) is 0 Å². The third kappa shape index (κ3) is 6.54. The molecule has 0 aromatic heterocycles. The van der Waals surface area contributed by atoms with Crippen LogP contribution in [-0.2, 0) is 16.0 Å². The lowest BCUT2D eigenvalue weighted by atomic mass is 9.74. The molecule has 2 saturated carbocycles. The highest BCUT2D eigenvalue weighted by Gasteiger charge is 2.38. The lowest BCUT2D eigenvalue weighted by molar-refractivity contribution is -0.135. The molecule has 1 unspecified atom stereocenters. The van der Waals surface area contributed by atoms with Crippen molar-refractivity contribution in [1.29, 1.82) is 0 Å². The second-order valence-electron chi connectivity index (χ2n) is 12.0. The maximum Gasteiger partial charge on any atom is 0.193 e. The summed E-state index contributed by atoms with van der Waals surface area (Å²) < 4.78 is 0.